The summed E-state index contributed by atoms with van der Waals surface area (Å²) >= 11 is 0. The third-order valence-corrected chi connectivity index (χ3v) is 3.67. The van der Waals surface area contributed by atoms with E-state index in [1.54, 1.807) is 0 Å². The van der Waals surface area contributed by atoms with Crippen LogP contribution in [-0.2, 0) is 10.0 Å². The van der Waals surface area contributed by atoms with Gasteiger partial charge in [0.05, 0.1) is 11.4 Å². The molecule has 0 amide bonds. The molecule has 2 N–H and O–H groups in total. The number of benzene rings is 1. The van der Waals surface area contributed by atoms with Crippen LogP contribution in [0.2, 0.25) is 0 Å². The molecule has 0 aliphatic heterocycles. The molecule has 0 atom stereocenters. The zero-order valence-electron chi connectivity index (χ0n) is 10.3. The van der Waals surface area contributed by atoms with E-state index in [4.69, 9.17) is 0 Å². The van der Waals surface area contributed by atoms with E-state index in [1.165, 1.54) is 0 Å². The second-order valence-electron chi connectivity index (χ2n) is 3.85. The van der Waals surface area contributed by atoms with Gasteiger partial charge in [0.25, 0.3) is 0 Å². The predicted octanol–water partition coefficient (Wildman–Crippen LogP) is 1.85. The van der Waals surface area contributed by atoms with Crippen LogP contribution in [0.4, 0.5) is 18.9 Å². The summed E-state index contributed by atoms with van der Waals surface area (Å²) in [4.78, 5) is 0. The first kappa shape index (κ1) is 15.8. The minimum atomic E-state index is -3.79. The summed E-state index contributed by atoms with van der Waals surface area (Å²) in [5.74, 6) is -4.85. The van der Waals surface area contributed by atoms with Crippen molar-refractivity contribution in [2.24, 2.45) is 0 Å². The smallest absolute Gasteiger partial charge is 0.232 e. The molecule has 1 aromatic carbocycles. The molecule has 19 heavy (non-hydrogen) atoms. The molecule has 4 nitrogen and oxygen atoms in total. The van der Waals surface area contributed by atoms with Crippen LogP contribution in [0.3, 0.4) is 0 Å². The molecule has 0 saturated carbocycles. The molecule has 0 spiro atoms. The highest BCUT2D eigenvalue weighted by molar-refractivity contribution is 7.92. The number of hydrogen-bond donors (Lipinski definition) is 2. The maximum absolute atomic E-state index is 13.3. The molecule has 108 valence electrons. The van der Waals surface area contributed by atoms with Crippen LogP contribution >= 0.6 is 0 Å². The minimum Gasteiger partial charge on any atom is -0.317 e. The molecule has 0 aliphatic carbocycles. The van der Waals surface area contributed by atoms with Crippen molar-refractivity contribution in [3.05, 3.63) is 29.6 Å². The SMILES string of the molecule is CCNCCCS(=O)(=O)Nc1ccc(F)c(F)c1F. The molecule has 1 aromatic rings. The van der Waals surface area contributed by atoms with Crippen LogP contribution in [0, 0.1) is 17.5 Å². The van der Waals surface area contributed by atoms with Crippen LogP contribution in [0.25, 0.3) is 0 Å². The summed E-state index contributed by atoms with van der Waals surface area (Å²) in [6, 6.07) is 1.50. The number of anilines is 1. The molecular weight excluding hydrogens is 281 g/mol. The lowest BCUT2D eigenvalue weighted by atomic mass is 10.3. The first-order valence-electron chi connectivity index (χ1n) is 5.72. The maximum Gasteiger partial charge on any atom is 0.232 e. The largest absolute Gasteiger partial charge is 0.317 e. The van der Waals surface area contributed by atoms with Crippen molar-refractivity contribution >= 4 is 15.7 Å². The highest BCUT2D eigenvalue weighted by Crippen LogP contribution is 2.20. The fourth-order valence-electron chi connectivity index (χ4n) is 1.39. The topological polar surface area (TPSA) is 58.2 Å². The Balaban J connectivity index is 2.71. The van der Waals surface area contributed by atoms with Gasteiger partial charge in [-0.25, -0.2) is 21.6 Å². The Kier molecular flexibility index (Phi) is 5.61. The first-order chi connectivity index (χ1) is 8.87. The van der Waals surface area contributed by atoms with Crippen molar-refractivity contribution in [2.45, 2.75) is 13.3 Å². The summed E-state index contributed by atoms with van der Waals surface area (Å²) in [6.45, 7) is 3.09. The van der Waals surface area contributed by atoms with E-state index >= 15 is 0 Å². The van der Waals surface area contributed by atoms with E-state index in [0.29, 0.717) is 25.6 Å². The van der Waals surface area contributed by atoms with Gasteiger partial charge in [-0.15, -0.1) is 0 Å². The van der Waals surface area contributed by atoms with Gasteiger partial charge in [0.15, 0.2) is 17.5 Å². The molecule has 0 radical (unpaired) electrons. The number of halogens is 3. The second kappa shape index (κ2) is 6.76. The van der Waals surface area contributed by atoms with Crippen molar-refractivity contribution < 1.29 is 21.6 Å². The van der Waals surface area contributed by atoms with Gasteiger partial charge < -0.3 is 5.32 Å². The number of rotatable bonds is 7. The lowest BCUT2D eigenvalue weighted by Crippen LogP contribution is -2.22. The fourth-order valence-corrected chi connectivity index (χ4v) is 2.51. The van der Waals surface area contributed by atoms with Gasteiger partial charge in [-0.2, -0.15) is 0 Å². The molecule has 8 heteroatoms. The van der Waals surface area contributed by atoms with E-state index in [0.717, 1.165) is 6.07 Å². The Hall–Kier alpha value is -1.28. The number of nitrogens with one attached hydrogen (secondary N) is 2. The average Bonchev–Trinajstić information content (AvgIpc) is 2.35. The van der Waals surface area contributed by atoms with Gasteiger partial charge in [0, 0.05) is 0 Å². The molecule has 0 unspecified atom stereocenters. The monoisotopic (exact) mass is 296 g/mol. The molecule has 0 aromatic heterocycles. The Morgan fingerprint density at radius 2 is 1.84 bits per heavy atom. The van der Waals surface area contributed by atoms with Gasteiger partial charge in [-0.1, -0.05) is 6.92 Å². The minimum absolute atomic E-state index is 0.238. The van der Waals surface area contributed by atoms with Crippen LogP contribution in [0.15, 0.2) is 12.1 Å². The molecule has 0 heterocycles. The zero-order valence-corrected chi connectivity index (χ0v) is 11.2. The standard InChI is InChI=1S/C11H15F3N2O2S/c1-2-15-6-3-7-19(17,18)16-9-5-4-8(12)10(13)11(9)14/h4-5,15-16H,2-3,6-7H2,1H3. The molecule has 1 rings (SSSR count). The van der Waals surface area contributed by atoms with Crippen LogP contribution in [0.1, 0.15) is 13.3 Å². The van der Waals surface area contributed by atoms with Crippen LogP contribution in [-0.4, -0.2) is 27.3 Å². The highest BCUT2D eigenvalue weighted by atomic mass is 32.2. The first-order valence-corrected chi connectivity index (χ1v) is 7.37. The summed E-state index contributed by atoms with van der Waals surface area (Å²) in [5, 5.41) is 2.94. The van der Waals surface area contributed by atoms with Crippen molar-refractivity contribution in [3.63, 3.8) is 0 Å². The van der Waals surface area contributed by atoms with Crippen LogP contribution in [0.5, 0.6) is 0 Å². The summed E-state index contributed by atoms with van der Waals surface area (Å²) < 4.78 is 64.0. The highest BCUT2D eigenvalue weighted by Gasteiger charge is 2.17. The Morgan fingerprint density at radius 3 is 2.47 bits per heavy atom. The van der Waals surface area contributed by atoms with Crippen LogP contribution < -0.4 is 10.0 Å². The molecule has 0 bridgehead atoms. The van der Waals surface area contributed by atoms with Gasteiger partial charge in [0.1, 0.15) is 0 Å². The third kappa shape index (κ3) is 4.71. The molecule has 0 saturated heterocycles. The fraction of sp³-hybridized carbons (Fsp3) is 0.455. The average molecular weight is 296 g/mol. The Bertz CT molecular complexity index is 535. The van der Waals surface area contributed by atoms with Crippen molar-refractivity contribution in [2.75, 3.05) is 23.6 Å². The van der Waals surface area contributed by atoms with Crippen molar-refractivity contribution in [1.29, 1.82) is 0 Å². The Morgan fingerprint density at radius 1 is 1.16 bits per heavy atom. The van der Waals surface area contributed by atoms with Gasteiger partial charge in [-0.05, 0) is 31.6 Å². The lowest BCUT2D eigenvalue weighted by molar-refractivity contribution is 0.449. The molecule has 0 fully saturated rings. The normalized spacial score (nSPS) is 11.6. The Labute approximate surface area is 110 Å². The van der Waals surface area contributed by atoms with E-state index in [1.807, 2.05) is 11.6 Å². The van der Waals surface area contributed by atoms with Gasteiger partial charge in [-0.3, -0.25) is 4.72 Å². The van der Waals surface area contributed by atoms with E-state index in [2.05, 4.69) is 5.32 Å². The summed E-state index contributed by atoms with van der Waals surface area (Å²) in [7, 11) is -3.79. The predicted molar refractivity (Wildman–Crippen MR) is 66.9 cm³/mol. The number of hydrogen-bond acceptors (Lipinski definition) is 3. The van der Waals surface area contributed by atoms with E-state index in [9.17, 15) is 21.6 Å². The summed E-state index contributed by atoms with van der Waals surface area (Å²) in [5.41, 5.74) is -0.595. The maximum atomic E-state index is 13.3. The van der Waals surface area contributed by atoms with Crippen molar-refractivity contribution in [1.82, 2.24) is 5.32 Å². The van der Waals surface area contributed by atoms with Gasteiger partial charge in [0.2, 0.25) is 10.0 Å². The second-order valence-corrected chi connectivity index (χ2v) is 5.69. The lowest BCUT2D eigenvalue weighted by Gasteiger charge is -2.09. The quantitative estimate of drug-likeness (QED) is 0.596. The van der Waals surface area contributed by atoms with Crippen molar-refractivity contribution in [3.8, 4) is 0 Å². The van der Waals surface area contributed by atoms with E-state index < -0.39 is 33.2 Å². The zero-order chi connectivity index (χ0) is 14.5. The van der Waals surface area contributed by atoms with Gasteiger partial charge >= 0.3 is 0 Å². The molecule has 0 aliphatic rings. The van der Waals surface area contributed by atoms with E-state index in [-0.39, 0.29) is 5.75 Å². The molecular formula is C11H15F3N2O2S. The third-order valence-electron chi connectivity index (χ3n) is 2.32. The summed E-state index contributed by atoms with van der Waals surface area (Å²) in [6.07, 6.45) is 0.328. The number of sulfonamides is 1.